The SMILES string of the molecule is CCN(CC)S(=O)(=O)c1ccc(NC(=O)CSc2nnc(COC)n2-c2ccccc2)cc1. The summed E-state index contributed by atoms with van der Waals surface area (Å²) in [5.74, 6) is 0.504. The summed E-state index contributed by atoms with van der Waals surface area (Å²) in [5, 5.41) is 11.7. The number of carbonyl (C=O) groups excluding carboxylic acids is 1. The van der Waals surface area contributed by atoms with E-state index in [1.807, 2.05) is 34.9 Å². The molecule has 0 saturated heterocycles. The number of para-hydroxylation sites is 1. The lowest BCUT2D eigenvalue weighted by Gasteiger charge is -2.18. The molecule has 3 aromatic rings. The van der Waals surface area contributed by atoms with Gasteiger partial charge in [0.05, 0.1) is 10.6 Å². The third-order valence-electron chi connectivity index (χ3n) is 4.80. The molecule has 0 bridgehead atoms. The van der Waals surface area contributed by atoms with Gasteiger partial charge in [-0.15, -0.1) is 10.2 Å². The normalized spacial score (nSPS) is 11.6. The summed E-state index contributed by atoms with van der Waals surface area (Å²) in [6.07, 6.45) is 0. The number of hydrogen-bond donors (Lipinski definition) is 1. The molecule has 0 fully saturated rings. The van der Waals surface area contributed by atoms with Gasteiger partial charge in [-0.05, 0) is 36.4 Å². The van der Waals surface area contributed by atoms with Crippen LogP contribution in [0.4, 0.5) is 5.69 Å². The minimum atomic E-state index is -3.54. The van der Waals surface area contributed by atoms with Crippen LogP contribution in [-0.2, 0) is 26.2 Å². The highest BCUT2D eigenvalue weighted by Gasteiger charge is 2.21. The van der Waals surface area contributed by atoms with Crippen LogP contribution in [0.5, 0.6) is 0 Å². The Balaban J connectivity index is 1.67. The summed E-state index contributed by atoms with van der Waals surface area (Å²) >= 11 is 1.25. The van der Waals surface area contributed by atoms with E-state index >= 15 is 0 Å². The van der Waals surface area contributed by atoms with Gasteiger partial charge in [-0.25, -0.2) is 8.42 Å². The van der Waals surface area contributed by atoms with Gasteiger partial charge in [-0.3, -0.25) is 9.36 Å². The Labute approximate surface area is 198 Å². The molecule has 1 amide bonds. The van der Waals surface area contributed by atoms with Crippen molar-refractivity contribution in [3.8, 4) is 5.69 Å². The third kappa shape index (κ3) is 5.99. The maximum Gasteiger partial charge on any atom is 0.243 e. The Bertz CT molecular complexity index is 1160. The molecule has 0 unspecified atom stereocenters. The lowest BCUT2D eigenvalue weighted by atomic mass is 10.3. The summed E-state index contributed by atoms with van der Waals surface area (Å²) < 4.78 is 33.6. The highest BCUT2D eigenvalue weighted by atomic mass is 32.2. The predicted octanol–water partition coefficient (Wildman–Crippen LogP) is 3.18. The van der Waals surface area contributed by atoms with Crippen molar-refractivity contribution in [2.24, 2.45) is 0 Å². The molecule has 1 aromatic heterocycles. The van der Waals surface area contributed by atoms with E-state index in [4.69, 9.17) is 4.74 Å². The monoisotopic (exact) mass is 489 g/mol. The highest BCUT2D eigenvalue weighted by molar-refractivity contribution is 7.99. The van der Waals surface area contributed by atoms with Crippen molar-refractivity contribution in [1.82, 2.24) is 19.1 Å². The van der Waals surface area contributed by atoms with Crippen molar-refractivity contribution in [2.45, 2.75) is 30.5 Å². The van der Waals surface area contributed by atoms with Crippen LogP contribution in [0.2, 0.25) is 0 Å². The van der Waals surface area contributed by atoms with Gasteiger partial charge in [0, 0.05) is 31.6 Å². The van der Waals surface area contributed by atoms with Gasteiger partial charge < -0.3 is 10.1 Å². The first-order valence-electron chi connectivity index (χ1n) is 10.4. The zero-order valence-corrected chi connectivity index (χ0v) is 20.4. The summed E-state index contributed by atoms with van der Waals surface area (Å²) in [5.41, 5.74) is 1.39. The maximum absolute atomic E-state index is 12.6. The fraction of sp³-hybridized carbons (Fsp3) is 0.318. The smallest absolute Gasteiger partial charge is 0.243 e. The molecule has 1 N–H and O–H groups in total. The molecule has 0 spiro atoms. The second-order valence-electron chi connectivity index (χ2n) is 6.95. The zero-order chi connectivity index (χ0) is 23.8. The molecule has 1 heterocycles. The van der Waals surface area contributed by atoms with E-state index in [1.165, 1.54) is 28.2 Å². The van der Waals surface area contributed by atoms with Gasteiger partial charge >= 0.3 is 0 Å². The van der Waals surface area contributed by atoms with Gasteiger partial charge in [-0.2, -0.15) is 4.31 Å². The Kier molecular flexibility index (Phi) is 8.61. The third-order valence-corrected chi connectivity index (χ3v) is 7.79. The van der Waals surface area contributed by atoms with Gasteiger partial charge in [0.2, 0.25) is 15.9 Å². The molecule has 2 aromatic carbocycles. The van der Waals surface area contributed by atoms with E-state index in [9.17, 15) is 13.2 Å². The van der Waals surface area contributed by atoms with Gasteiger partial charge in [0.15, 0.2) is 11.0 Å². The minimum absolute atomic E-state index is 0.109. The van der Waals surface area contributed by atoms with E-state index in [0.29, 0.717) is 29.8 Å². The van der Waals surface area contributed by atoms with E-state index in [-0.39, 0.29) is 23.2 Å². The second-order valence-corrected chi connectivity index (χ2v) is 9.83. The maximum atomic E-state index is 12.6. The second kappa shape index (κ2) is 11.4. The number of nitrogens with zero attached hydrogens (tertiary/aromatic N) is 4. The molecule has 0 aliphatic rings. The van der Waals surface area contributed by atoms with Crippen LogP contribution in [0.15, 0.2) is 64.6 Å². The summed E-state index contributed by atoms with van der Waals surface area (Å²) in [6, 6.07) is 15.8. The van der Waals surface area contributed by atoms with Gasteiger partial charge in [0.25, 0.3) is 0 Å². The lowest BCUT2D eigenvalue weighted by molar-refractivity contribution is -0.113. The zero-order valence-electron chi connectivity index (χ0n) is 18.8. The van der Waals surface area contributed by atoms with Crippen LogP contribution in [0.1, 0.15) is 19.7 Å². The molecule has 33 heavy (non-hydrogen) atoms. The first kappa shape index (κ1) is 24.9. The van der Waals surface area contributed by atoms with Crippen molar-refractivity contribution in [1.29, 1.82) is 0 Å². The topological polar surface area (TPSA) is 106 Å². The molecule has 0 aliphatic heterocycles. The lowest BCUT2D eigenvalue weighted by Crippen LogP contribution is -2.30. The molecule has 0 saturated carbocycles. The minimum Gasteiger partial charge on any atom is -0.377 e. The van der Waals surface area contributed by atoms with E-state index in [0.717, 1.165) is 5.69 Å². The predicted molar refractivity (Wildman–Crippen MR) is 128 cm³/mol. The number of aromatic nitrogens is 3. The summed E-state index contributed by atoms with van der Waals surface area (Å²) in [6.45, 7) is 4.67. The number of nitrogens with one attached hydrogen (secondary N) is 1. The average Bonchev–Trinajstić information content (AvgIpc) is 3.22. The number of sulfonamides is 1. The van der Waals surface area contributed by atoms with Crippen LogP contribution in [0.3, 0.4) is 0 Å². The van der Waals surface area contributed by atoms with Crippen LogP contribution < -0.4 is 5.32 Å². The largest absolute Gasteiger partial charge is 0.377 e. The number of rotatable bonds is 11. The number of amides is 1. The fourth-order valence-electron chi connectivity index (χ4n) is 3.20. The molecule has 0 radical (unpaired) electrons. The van der Waals surface area contributed by atoms with Gasteiger partial charge in [0.1, 0.15) is 6.61 Å². The van der Waals surface area contributed by atoms with E-state index in [1.54, 1.807) is 33.1 Å². The van der Waals surface area contributed by atoms with E-state index < -0.39 is 10.0 Å². The van der Waals surface area contributed by atoms with Crippen molar-refractivity contribution in [3.05, 3.63) is 60.4 Å². The van der Waals surface area contributed by atoms with Crippen LogP contribution >= 0.6 is 11.8 Å². The number of anilines is 1. The molecule has 3 rings (SSSR count). The number of hydrogen-bond acceptors (Lipinski definition) is 7. The van der Waals surface area contributed by atoms with Crippen molar-refractivity contribution < 1.29 is 17.9 Å². The molecule has 0 atom stereocenters. The van der Waals surface area contributed by atoms with Crippen LogP contribution in [0.25, 0.3) is 5.69 Å². The van der Waals surface area contributed by atoms with Crippen molar-refractivity contribution in [2.75, 3.05) is 31.3 Å². The molecule has 176 valence electrons. The number of methoxy groups -OCH3 is 1. The Morgan fingerprint density at radius 1 is 1.06 bits per heavy atom. The Morgan fingerprint density at radius 3 is 2.33 bits per heavy atom. The number of benzene rings is 2. The van der Waals surface area contributed by atoms with Crippen molar-refractivity contribution >= 4 is 33.4 Å². The summed E-state index contributed by atoms with van der Waals surface area (Å²) in [4.78, 5) is 12.7. The van der Waals surface area contributed by atoms with Gasteiger partial charge in [-0.1, -0.05) is 43.8 Å². The Hall–Kier alpha value is -2.73. The molecule has 11 heteroatoms. The van der Waals surface area contributed by atoms with E-state index in [2.05, 4.69) is 15.5 Å². The highest BCUT2D eigenvalue weighted by Crippen LogP contribution is 2.23. The molecule has 0 aliphatic carbocycles. The Morgan fingerprint density at radius 2 is 1.73 bits per heavy atom. The quantitative estimate of drug-likeness (QED) is 0.412. The first-order chi connectivity index (χ1) is 15.9. The molecule has 9 nitrogen and oxygen atoms in total. The molecular formula is C22H27N5O4S2. The number of ether oxygens (including phenoxy) is 1. The summed E-state index contributed by atoms with van der Waals surface area (Å²) in [7, 11) is -1.95. The van der Waals surface area contributed by atoms with Crippen LogP contribution in [0, 0.1) is 0 Å². The standard InChI is InChI=1S/C22H27N5O4S2/c1-4-26(5-2)33(29,30)19-13-11-17(12-14-19)23-21(28)16-32-22-25-24-20(15-31-3)27(22)18-9-7-6-8-10-18/h6-14H,4-5,15-16H2,1-3H3,(H,23,28). The number of carbonyl (C=O) groups is 1. The fourth-order valence-corrected chi connectivity index (χ4v) is 5.43. The van der Waals surface area contributed by atoms with Crippen molar-refractivity contribution in [3.63, 3.8) is 0 Å². The molecular weight excluding hydrogens is 462 g/mol. The average molecular weight is 490 g/mol. The van der Waals surface area contributed by atoms with Crippen LogP contribution in [-0.4, -0.2) is 59.3 Å². The first-order valence-corrected chi connectivity index (χ1v) is 12.8. The number of thioether (sulfide) groups is 1.